The number of carbonyl (C=O) groups excluding carboxylic acids is 2. The van der Waals surface area contributed by atoms with Gasteiger partial charge in [0, 0.05) is 31.5 Å². The van der Waals surface area contributed by atoms with Crippen LogP contribution in [0, 0.1) is 0 Å². The fourth-order valence-electron chi connectivity index (χ4n) is 3.21. The lowest BCUT2D eigenvalue weighted by molar-refractivity contribution is -0.133. The van der Waals surface area contributed by atoms with Crippen molar-refractivity contribution in [2.75, 3.05) is 6.54 Å². The van der Waals surface area contributed by atoms with Gasteiger partial charge in [-0.1, -0.05) is 49.8 Å². The smallest absolute Gasteiger partial charge is 0.222 e. The monoisotopic (exact) mass is 416 g/mol. The lowest BCUT2D eigenvalue weighted by atomic mass is 10.2. The van der Waals surface area contributed by atoms with Crippen molar-refractivity contribution in [1.29, 1.82) is 0 Å². The molecule has 0 spiro atoms. The molecule has 0 atom stereocenters. The predicted octanol–water partition coefficient (Wildman–Crippen LogP) is 6.09. The second-order valence-electron chi connectivity index (χ2n) is 8.55. The van der Waals surface area contributed by atoms with Gasteiger partial charge < -0.3 is 10.2 Å². The van der Waals surface area contributed by atoms with Crippen molar-refractivity contribution in [3.8, 4) is 0 Å². The molecule has 1 rings (SSSR count). The van der Waals surface area contributed by atoms with Gasteiger partial charge >= 0.3 is 0 Å². The summed E-state index contributed by atoms with van der Waals surface area (Å²) in [6, 6.07) is 0.760. The van der Waals surface area contributed by atoms with Gasteiger partial charge in [-0.2, -0.15) is 0 Å². The van der Waals surface area contributed by atoms with Crippen LogP contribution < -0.4 is 5.32 Å². The van der Waals surface area contributed by atoms with Gasteiger partial charge in [-0.25, -0.2) is 0 Å². The highest BCUT2D eigenvalue weighted by Crippen LogP contribution is 2.18. The number of nitrogens with one attached hydrogen (secondary N) is 1. The molecule has 0 saturated heterocycles. The van der Waals surface area contributed by atoms with E-state index in [4.69, 9.17) is 0 Å². The number of hydrogen-bond donors (Lipinski definition) is 1. The van der Waals surface area contributed by atoms with E-state index in [0.717, 1.165) is 70.8 Å². The maximum absolute atomic E-state index is 12.2. The second-order valence-corrected chi connectivity index (χ2v) is 8.55. The Morgan fingerprint density at radius 1 is 0.900 bits per heavy atom. The number of rotatable bonds is 17. The highest BCUT2D eigenvalue weighted by atomic mass is 16.2. The molecule has 30 heavy (non-hydrogen) atoms. The number of allylic oxidation sites excluding steroid dienone is 6. The van der Waals surface area contributed by atoms with Crippen LogP contribution in [0.2, 0.25) is 0 Å². The largest absolute Gasteiger partial charge is 0.353 e. The topological polar surface area (TPSA) is 49.4 Å². The molecule has 1 aliphatic rings. The zero-order valence-electron chi connectivity index (χ0n) is 19.6. The van der Waals surface area contributed by atoms with E-state index in [2.05, 4.69) is 62.5 Å². The summed E-state index contributed by atoms with van der Waals surface area (Å²) in [6.45, 7) is 7.18. The van der Waals surface area contributed by atoms with Crippen molar-refractivity contribution in [2.24, 2.45) is 0 Å². The minimum atomic E-state index is 0.206. The van der Waals surface area contributed by atoms with Crippen LogP contribution >= 0.6 is 0 Å². The first kappa shape index (κ1) is 26.2. The van der Waals surface area contributed by atoms with Crippen LogP contribution in [0.4, 0.5) is 0 Å². The molecule has 0 bridgehead atoms. The number of nitrogens with zero attached hydrogens (tertiary/aromatic N) is 1. The molecule has 4 heteroatoms. The minimum Gasteiger partial charge on any atom is -0.353 e. The molecule has 0 aromatic heterocycles. The van der Waals surface area contributed by atoms with E-state index in [9.17, 15) is 9.59 Å². The third-order valence-corrected chi connectivity index (χ3v) is 5.22. The van der Waals surface area contributed by atoms with E-state index < -0.39 is 0 Å². The molecule has 0 radical (unpaired) electrons. The summed E-state index contributed by atoms with van der Waals surface area (Å²) in [6.07, 6.45) is 24.7. The Labute approximate surface area is 184 Å². The molecule has 0 aromatic carbocycles. The molecule has 0 aliphatic heterocycles. The summed E-state index contributed by atoms with van der Waals surface area (Å²) in [5, 5.41) is 3.02. The molecule has 170 valence electrons. The summed E-state index contributed by atoms with van der Waals surface area (Å²) < 4.78 is 0. The molecule has 1 aliphatic carbocycles. The third kappa shape index (κ3) is 14.2. The second kappa shape index (κ2) is 16.9. The summed E-state index contributed by atoms with van der Waals surface area (Å²) in [7, 11) is 0. The van der Waals surface area contributed by atoms with Crippen molar-refractivity contribution >= 4 is 11.8 Å². The maximum atomic E-state index is 12.2. The van der Waals surface area contributed by atoms with Crippen LogP contribution in [-0.2, 0) is 9.59 Å². The normalized spacial score (nSPS) is 14.4. The van der Waals surface area contributed by atoms with Gasteiger partial charge in [0.2, 0.25) is 11.8 Å². The molecular formula is C26H44N2O2. The third-order valence-electron chi connectivity index (χ3n) is 5.22. The summed E-state index contributed by atoms with van der Waals surface area (Å²) in [5.74, 6) is 0.505. The Kier molecular flexibility index (Phi) is 14.8. The molecule has 1 fully saturated rings. The van der Waals surface area contributed by atoms with E-state index in [1.165, 1.54) is 0 Å². The average Bonchev–Trinajstić information content (AvgIpc) is 3.52. The zero-order valence-corrected chi connectivity index (χ0v) is 19.6. The van der Waals surface area contributed by atoms with Gasteiger partial charge in [0.25, 0.3) is 0 Å². The Morgan fingerprint density at radius 2 is 1.50 bits per heavy atom. The molecule has 0 unspecified atom stereocenters. The van der Waals surface area contributed by atoms with Gasteiger partial charge in [0.1, 0.15) is 0 Å². The lowest BCUT2D eigenvalue weighted by Gasteiger charge is -2.26. The SMILES string of the molecule is CCCCC(=O)N(CCCC=CCC=CCC=CCCCC(=O)NC1CC1)C(C)C. The quantitative estimate of drug-likeness (QED) is 0.230. The first-order valence-electron chi connectivity index (χ1n) is 12.1. The van der Waals surface area contributed by atoms with Crippen molar-refractivity contribution in [2.45, 2.75) is 110 Å². The molecule has 4 nitrogen and oxygen atoms in total. The Hall–Kier alpha value is -1.84. The van der Waals surface area contributed by atoms with Crippen LogP contribution in [0.25, 0.3) is 0 Å². The van der Waals surface area contributed by atoms with Crippen LogP contribution in [0.5, 0.6) is 0 Å². The van der Waals surface area contributed by atoms with Crippen molar-refractivity contribution in [3.05, 3.63) is 36.5 Å². The van der Waals surface area contributed by atoms with E-state index in [1.807, 2.05) is 4.90 Å². The minimum absolute atomic E-state index is 0.206. The molecular weight excluding hydrogens is 372 g/mol. The summed E-state index contributed by atoms with van der Waals surface area (Å²) in [4.78, 5) is 25.8. The number of carbonyl (C=O) groups is 2. The number of unbranched alkanes of at least 4 members (excludes halogenated alkanes) is 3. The average molecular weight is 417 g/mol. The van der Waals surface area contributed by atoms with E-state index in [-0.39, 0.29) is 11.9 Å². The fourth-order valence-corrected chi connectivity index (χ4v) is 3.21. The molecule has 0 heterocycles. The molecule has 2 amide bonds. The van der Waals surface area contributed by atoms with Gasteiger partial charge in [0.15, 0.2) is 0 Å². The van der Waals surface area contributed by atoms with Crippen molar-refractivity contribution < 1.29 is 9.59 Å². The predicted molar refractivity (Wildman–Crippen MR) is 127 cm³/mol. The van der Waals surface area contributed by atoms with Gasteiger partial charge in [0.05, 0.1) is 0 Å². The standard InChI is InChI=1S/C26H44N2O2/c1-4-5-19-26(30)28(23(2)3)22-17-15-13-11-9-7-6-8-10-12-14-16-18-25(29)27-24-20-21-24/h6-7,10-13,23-24H,4-5,8-9,14-22H2,1-3H3,(H,27,29). The van der Waals surface area contributed by atoms with Crippen LogP contribution in [-0.4, -0.2) is 35.3 Å². The van der Waals surface area contributed by atoms with E-state index in [0.29, 0.717) is 24.8 Å². The van der Waals surface area contributed by atoms with Crippen molar-refractivity contribution in [3.63, 3.8) is 0 Å². The number of hydrogen-bond acceptors (Lipinski definition) is 2. The molecule has 1 saturated carbocycles. The zero-order chi connectivity index (χ0) is 22.0. The van der Waals surface area contributed by atoms with Crippen molar-refractivity contribution in [1.82, 2.24) is 10.2 Å². The first-order chi connectivity index (χ1) is 14.5. The fraction of sp³-hybridized carbons (Fsp3) is 0.692. The number of amides is 2. The van der Waals surface area contributed by atoms with Crippen LogP contribution in [0.15, 0.2) is 36.5 Å². The molecule has 1 N–H and O–H groups in total. The van der Waals surface area contributed by atoms with Gasteiger partial charge in [-0.05, 0) is 71.6 Å². The Bertz CT molecular complexity index is 559. The highest BCUT2D eigenvalue weighted by Gasteiger charge is 2.22. The first-order valence-corrected chi connectivity index (χ1v) is 12.1. The summed E-state index contributed by atoms with van der Waals surface area (Å²) in [5.41, 5.74) is 0. The Morgan fingerprint density at radius 3 is 2.07 bits per heavy atom. The van der Waals surface area contributed by atoms with Crippen LogP contribution in [0.1, 0.15) is 97.8 Å². The van der Waals surface area contributed by atoms with E-state index >= 15 is 0 Å². The Balaban J connectivity index is 2.00. The lowest BCUT2D eigenvalue weighted by Crippen LogP contribution is -2.37. The summed E-state index contributed by atoms with van der Waals surface area (Å²) >= 11 is 0. The maximum Gasteiger partial charge on any atom is 0.222 e. The highest BCUT2D eigenvalue weighted by molar-refractivity contribution is 5.76. The molecule has 0 aromatic rings. The van der Waals surface area contributed by atoms with Crippen LogP contribution in [0.3, 0.4) is 0 Å². The van der Waals surface area contributed by atoms with Gasteiger partial charge in [-0.15, -0.1) is 0 Å². The van der Waals surface area contributed by atoms with E-state index in [1.54, 1.807) is 0 Å². The van der Waals surface area contributed by atoms with Gasteiger partial charge in [-0.3, -0.25) is 9.59 Å².